The maximum Gasteiger partial charge on any atom is 0.134 e. The molecule has 0 aliphatic carbocycles. The molecule has 1 aliphatic rings. The van der Waals surface area contributed by atoms with Gasteiger partial charge in [0.15, 0.2) is 0 Å². The Bertz CT molecular complexity index is 798. The zero-order valence-electron chi connectivity index (χ0n) is 13.2. The van der Waals surface area contributed by atoms with E-state index >= 15 is 0 Å². The van der Waals surface area contributed by atoms with E-state index in [1.165, 1.54) is 6.33 Å². The van der Waals surface area contributed by atoms with Crippen LogP contribution in [0, 0.1) is 0 Å². The molecule has 1 fully saturated rings. The van der Waals surface area contributed by atoms with Crippen molar-refractivity contribution in [1.29, 1.82) is 0 Å². The number of nitrogens with two attached hydrogens (primary N) is 1. The number of piperidine rings is 1. The smallest absolute Gasteiger partial charge is 0.134 e. The van der Waals surface area contributed by atoms with Crippen LogP contribution in [-0.2, 0) is 6.54 Å². The third-order valence-corrected chi connectivity index (χ3v) is 4.98. The van der Waals surface area contributed by atoms with Gasteiger partial charge in [-0.25, -0.2) is 19.9 Å². The largest absolute Gasteiger partial charge is 0.384 e. The first-order valence-corrected chi connectivity index (χ1v) is 8.94. The van der Waals surface area contributed by atoms with Gasteiger partial charge >= 0.3 is 0 Å². The molecule has 124 valence electrons. The standard InChI is InChI=1S/C16H19N7S/c17-14-6-15(20-10-19-14)22-4-1-2-12(7-22)16-18-3-5-23(16)8-13-9-24-11-21-13/h3,5-6,9-12H,1-2,4,7-8H2,(H2,17,19,20)/t12-/m1/s1. The number of thiazole rings is 1. The molecular formula is C16H19N7S. The Morgan fingerprint density at radius 3 is 3.04 bits per heavy atom. The Balaban J connectivity index is 1.53. The van der Waals surface area contributed by atoms with Gasteiger partial charge in [-0.1, -0.05) is 0 Å². The van der Waals surface area contributed by atoms with Gasteiger partial charge in [0, 0.05) is 42.8 Å². The van der Waals surface area contributed by atoms with Crippen LogP contribution >= 0.6 is 11.3 Å². The highest BCUT2D eigenvalue weighted by atomic mass is 32.1. The lowest BCUT2D eigenvalue weighted by atomic mass is 9.97. The summed E-state index contributed by atoms with van der Waals surface area (Å²) in [5.41, 5.74) is 8.74. The zero-order valence-corrected chi connectivity index (χ0v) is 14.1. The Labute approximate surface area is 144 Å². The summed E-state index contributed by atoms with van der Waals surface area (Å²) in [5.74, 6) is 2.90. The Morgan fingerprint density at radius 2 is 2.21 bits per heavy atom. The highest BCUT2D eigenvalue weighted by molar-refractivity contribution is 7.07. The minimum atomic E-state index is 0.378. The summed E-state index contributed by atoms with van der Waals surface area (Å²) in [4.78, 5) is 19.6. The fourth-order valence-corrected chi connectivity index (χ4v) is 3.78. The summed E-state index contributed by atoms with van der Waals surface area (Å²) in [6.07, 6.45) is 7.68. The van der Waals surface area contributed by atoms with E-state index in [4.69, 9.17) is 5.73 Å². The molecule has 0 amide bonds. The van der Waals surface area contributed by atoms with Crippen LogP contribution in [0.2, 0.25) is 0 Å². The highest BCUT2D eigenvalue weighted by Crippen LogP contribution is 2.29. The second kappa shape index (κ2) is 6.56. The summed E-state index contributed by atoms with van der Waals surface area (Å²) < 4.78 is 2.21. The van der Waals surface area contributed by atoms with Crippen molar-refractivity contribution in [2.75, 3.05) is 23.7 Å². The zero-order chi connectivity index (χ0) is 16.4. The number of hydrogen-bond acceptors (Lipinski definition) is 7. The lowest BCUT2D eigenvalue weighted by Crippen LogP contribution is -2.36. The monoisotopic (exact) mass is 341 g/mol. The van der Waals surface area contributed by atoms with E-state index in [1.54, 1.807) is 11.3 Å². The highest BCUT2D eigenvalue weighted by Gasteiger charge is 2.25. The molecule has 4 heterocycles. The Kier molecular flexibility index (Phi) is 4.12. The van der Waals surface area contributed by atoms with Crippen molar-refractivity contribution in [3.63, 3.8) is 0 Å². The maximum atomic E-state index is 5.79. The van der Waals surface area contributed by atoms with E-state index in [2.05, 4.69) is 34.8 Å². The quantitative estimate of drug-likeness (QED) is 0.782. The number of hydrogen-bond donors (Lipinski definition) is 1. The molecule has 0 bridgehead atoms. The first-order chi connectivity index (χ1) is 11.8. The molecule has 0 saturated carbocycles. The van der Waals surface area contributed by atoms with Gasteiger partial charge in [0.1, 0.15) is 23.8 Å². The van der Waals surface area contributed by atoms with Crippen molar-refractivity contribution in [3.8, 4) is 0 Å². The number of aromatic nitrogens is 5. The molecule has 0 spiro atoms. The minimum absolute atomic E-state index is 0.378. The van der Waals surface area contributed by atoms with Crippen LogP contribution in [0.4, 0.5) is 11.6 Å². The molecule has 8 heteroatoms. The molecule has 0 aromatic carbocycles. The van der Waals surface area contributed by atoms with Crippen LogP contribution in [-0.4, -0.2) is 37.6 Å². The van der Waals surface area contributed by atoms with Crippen LogP contribution in [0.25, 0.3) is 0 Å². The Hall–Kier alpha value is -2.48. The van der Waals surface area contributed by atoms with Crippen LogP contribution < -0.4 is 10.6 Å². The van der Waals surface area contributed by atoms with Gasteiger partial charge < -0.3 is 15.2 Å². The summed E-state index contributed by atoms with van der Waals surface area (Å²) in [6.45, 7) is 2.65. The molecule has 24 heavy (non-hydrogen) atoms. The number of rotatable bonds is 4. The van der Waals surface area contributed by atoms with E-state index in [-0.39, 0.29) is 0 Å². The van der Waals surface area contributed by atoms with Gasteiger partial charge in [-0.15, -0.1) is 11.3 Å². The number of nitrogen functional groups attached to an aromatic ring is 1. The van der Waals surface area contributed by atoms with Crippen LogP contribution in [0.15, 0.2) is 35.7 Å². The third-order valence-electron chi connectivity index (χ3n) is 4.35. The molecule has 1 aliphatic heterocycles. The predicted molar refractivity (Wildman–Crippen MR) is 94.1 cm³/mol. The molecular weight excluding hydrogens is 322 g/mol. The number of nitrogens with zero attached hydrogens (tertiary/aromatic N) is 6. The normalized spacial score (nSPS) is 18.0. The van der Waals surface area contributed by atoms with Crippen molar-refractivity contribution < 1.29 is 0 Å². The van der Waals surface area contributed by atoms with Gasteiger partial charge in [0.2, 0.25) is 0 Å². The molecule has 7 nitrogen and oxygen atoms in total. The van der Waals surface area contributed by atoms with Crippen molar-refractivity contribution in [3.05, 3.63) is 47.2 Å². The summed E-state index contributed by atoms with van der Waals surface area (Å²) in [7, 11) is 0. The minimum Gasteiger partial charge on any atom is -0.384 e. The van der Waals surface area contributed by atoms with E-state index in [0.29, 0.717) is 11.7 Å². The molecule has 3 aromatic rings. The molecule has 0 radical (unpaired) electrons. The molecule has 2 N–H and O–H groups in total. The number of imidazole rings is 1. The summed E-state index contributed by atoms with van der Waals surface area (Å²) in [5, 5.41) is 2.08. The SMILES string of the molecule is Nc1cc(N2CCC[C@@H](c3nccn3Cc3cscn3)C2)ncn1. The van der Waals surface area contributed by atoms with E-state index < -0.39 is 0 Å². The van der Waals surface area contributed by atoms with Gasteiger partial charge in [-0.2, -0.15) is 0 Å². The average molecular weight is 341 g/mol. The fourth-order valence-electron chi connectivity index (χ4n) is 3.23. The van der Waals surface area contributed by atoms with Crippen molar-refractivity contribution in [1.82, 2.24) is 24.5 Å². The lowest BCUT2D eigenvalue weighted by molar-refractivity contribution is 0.473. The molecule has 4 rings (SSSR count). The predicted octanol–water partition coefficient (Wildman–Crippen LogP) is 2.14. The first kappa shape index (κ1) is 15.1. The topological polar surface area (TPSA) is 85.8 Å². The van der Waals surface area contributed by atoms with Crippen LogP contribution in [0.5, 0.6) is 0 Å². The van der Waals surface area contributed by atoms with Crippen molar-refractivity contribution in [2.45, 2.75) is 25.3 Å². The second-order valence-corrected chi connectivity index (χ2v) is 6.70. The van der Waals surface area contributed by atoms with Gasteiger partial charge in [-0.3, -0.25) is 0 Å². The molecule has 1 atom stereocenters. The van der Waals surface area contributed by atoms with Gasteiger partial charge in [0.25, 0.3) is 0 Å². The fraction of sp³-hybridized carbons (Fsp3) is 0.375. The second-order valence-electron chi connectivity index (χ2n) is 5.98. The third kappa shape index (κ3) is 3.09. The van der Waals surface area contributed by atoms with Crippen LogP contribution in [0.1, 0.15) is 30.3 Å². The average Bonchev–Trinajstić information content (AvgIpc) is 3.27. The first-order valence-electron chi connectivity index (χ1n) is 8.00. The van der Waals surface area contributed by atoms with Crippen LogP contribution in [0.3, 0.4) is 0 Å². The van der Waals surface area contributed by atoms with E-state index in [0.717, 1.165) is 49.8 Å². The van der Waals surface area contributed by atoms with Crippen molar-refractivity contribution >= 4 is 23.0 Å². The van der Waals surface area contributed by atoms with Gasteiger partial charge in [-0.05, 0) is 12.8 Å². The number of anilines is 2. The molecule has 0 unspecified atom stereocenters. The van der Waals surface area contributed by atoms with E-state index in [1.807, 2.05) is 24.0 Å². The Morgan fingerprint density at radius 1 is 1.25 bits per heavy atom. The summed E-state index contributed by atoms with van der Waals surface area (Å²) in [6, 6.07) is 1.84. The van der Waals surface area contributed by atoms with Crippen molar-refractivity contribution in [2.24, 2.45) is 0 Å². The molecule has 3 aromatic heterocycles. The van der Waals surface area contributed by atoms with E-state index in [9.17, 15) is 0 Å². The lowest BCUT2D eigenvalue weighted by Gasteiger charge is -2.33. The molecule has 1 saturated heterocycles. The summed E-state index contributed by atoms with van der Waals surface area (Å²) >= 11 is 1.62. The van der Waals surface area contributed by atoms with Gasteiger partial charge in [0.05, 0.1) is 17.7 Å². The maximum absolute atomic E-state index is 5.79.